The summed E-state index contributed by atoms with van der Waals surface area (Å²) in [5.74, 6) is -0.865. The van der Waals surface area contributed by atoms with Crippen LogP contribution < -0.4 is 4.72 Å². The van der Waals surface area contributed by atoms with Crippen LogP contribution in [0.2, 0.25) is 0 Å². The average molecular weight is 356 g/mol. The van der Waals surface area contributed by atoms with Crippen LogP contribution in [0.15, 0.2) is 14.1 Å². The minimum atomic E-state index is -3.47. The Balaban J connectivity index is 2.48. The maximum absolute atomic E-state index is 11.9. The van der Waals surface area contributed by atoms with E-state index in [1.54, 1.807) is 6.07 Å². The molecular formula is C10H14BrNO4S2. The second kappa shape index (κ2) is 6.65. The summed E-state index contributed by atoms with van der Waals surface area (Å²) in [6.45, 7) is 2.08. The number of carbonyl (C=O) groups is 1. The molecule has 102 valence electrons. The Morgan fingerprint density at radius 3 is 2.67 bits per heavy atom. The lowest BCUT2D eigenvalue weighted by Gasteiger charge is -2.03. The van der Waals surface area contributed by atoms with E-state index in [9.17, 15) is 13.2 Å². The van der Waals surface area contributed by atoms with Crippen LogP contribution >= 0.6 is 27.3 Å². The fourth-order valence-corrected chi connectivity index (χ4v) is 4.59. The van der Waals surface area contributed by atoms with Crippen molar-refractivity contribution in [2.24, 2.45) is 0 Å². The molecule has 1 aromatic heterocycles. The highest BCUT2D eigenvalue weighted by atomic mass is 79.9. The third kappa shape index (κ3) is 4.68. The van der Waals surface area contributed by atoms with Crippen LogP contribution in [0.3, 0.4) is 0 Å². The van der Waals surface area contributed by atoms with Gasteiger partial charge in [0.15, 0.2) is 0 Å². The van der Waals surface area contributed by atoms with E-state index in [1.807, 2.05) is 6.92 Å². The van der Waals surface area contributed by atoms with E-state index in [0.29, 0.717) is 12.8 Å². The number of aliphatic carboxylic acids is 1. The first-order chi connectivity index (χ1) is 8.33. The van der Waals surface area contributed by atoms with Crippen molar-refractivity contribution < 1.29 is 18.3 Å². The van der Waals surface area contributed by atoms with E-state index in [-0.39, 0.29) is 17.2 Å². The molecule has 0 bridgehead atoms. The molecule has 1 rings (SSSR count). The molecule has 8 heteroatoms. The monoisotopic (exact) mass is 355 g/mol. The summed E-state index contributed by atoms with van der Waals surface area (Å²) in [6, 6.07) is 1.61. The molecule has 0 aliphatic heterocycles. The number of sulfonamides is 1. The Bertz CT molecular complexity index is 504. The molecule has 0 radical (unpaired) electrons. The number of thiophene rings is 1. The molecule has 0 spiro atoms. The first-order valence-electron chi connectivity index (χ1n) is 5.30. The first-order valence-corrected chi connectivity index (χ1v) is 8.39. The lowest BCUT2D eigenvalue weighted by atomic mass is 10.2. The van der Waals surface area contributed by atoms with Gasteiger partial charge < -0.3 is 5.11 Å². The Morgan fingerprint density at radius 1 is 1.50 bits per heavy atom. The molecule has 0 aromatic carbocycles. The number of carboxylic acid groups (broad SMARTS) is 1. The number of nitrogens with one attached hydrogen (secondary N) is 1. The number of hydrogen-bond donors (Lipinski definition) is 2. The van der Waals surface area contributed by atoms with E-state index < -0.39 is 16.0 Å². The molecule has 1 heterocycles. The standard InChI is InChI=1S/C10H14BrNO4S2/c1-7-6-9(17-10(7)11)18(15,16)12-5-3-2-4-8(13)14/h6,12H,2-5H2,1H3,(H,13,14). The second-order valence-electron chi connectivity index (χ2n) is 3.77. The summed E-state index contributed by atoms with van der Waals surface area (Å²) >= 11 is 4.44. The zero-order valence-corrected chi connectivity index (χ0v) is 13.0. The highest BCUT2D eigenvalue weighted by Gasteiger charge is 2.17. The Morgan fingerprint density at radius 2 is 2.17 bits per heavy atom. The molecule has 0 fully saturated rings. The lowest BCUT2D eigenvalue weighted by Crippen LogP contribution is -2.24. The van der Waals surface area contributed by atoms with Crippen LogP contribution in [0.1, 0.15) is 24.8 Å². The van der Waals surface area contributed by atoms with Crippen molar-refractivity contribution in [3.05, 3.63) is 15.4 Å². The quantitative estimate of drug-likeness (QED) is 0.735. The van der Waals surface area contributed by atoms with E-state index >= 15 is 0 Å². The average Bonchev–Trinajstić information content (AvgIpc) is 2.59. The van der Waals surface area contributed by atoms with E-state index in [0.717, 1.165) is 20.7 Å². The number of rotatable bonds is 7. The number of aryl methyl sites for hydroxylation is 1. The zero-order chi connectivity index (χ0) is 13.8. The summed E-state index contributed by atoms with van der Waals surface area (Å²) in [6.07, 6.45) is 1.04. The van der Waals surface area contributed by atoms with Crippen molar-refractivity contribution in [3.63, 3.8) is 0 Å². The molecule has 0 saturated heterocycles. The van der Waals surface area contributed by atoms with Gasteiger partial charge in [-0.1, -0.05) is 0 Å². The molecular weight excluding hydrogens is 342 g/mol. The van der Waals surface area contributed by atoms with Gasteiger partial charge >= 0.3 is 5.97 Å². The van der Waals surface area contributed by atoms with Crippen LogP contribution in [0.4, 0.5) is 0 Å². The van der Waals surface area contributed by atoms with Crippen LogP contribution in [-0.4, -0.2) is 26.0 Å². The maximum Gasteiger partial charge on any atom is 0.303 e. The van der Waals surface area contributed by atoms with Crippen molar-refractivity contribution in [1.29, 1.82) is 0 Å². The predicted octanol–water partition coefficient (Wildman–Crippen LogP) is 2.35. The van der Waals surface area contributed by atoms with Gasteiger partial charge in [-0.15, -0.1) is 11.3 Å². The third-order valence-electron chi connectivity index (χ3n) is 2.21. The van der Waals surface area contributed by atoms with Gasteiger partial charge in [0.2, 0.25) is 10.0 Å². The summed E-state index contributed by atoms with van der Waals surface area (Å²) in [7, 11) is -3.47. The van der Waals surface area contributed by atoms with Gasteiger partial charge in [-0.2, -0.15) is 0 Å². The van der Waals surface area contributed by atoms with Crippen molar-refractivity contribution in [1.82, 2.24) is 4.72 Å². The molecule has 0 amide bonds. The van der Waals surface area contributed by atoms with E-state index in [4.69, 9.17) is 5.11 Å². The Hall–Kier alpha value is -0.440. The second-order valence-corrected chi connectivity index (χ2v) is 8.13. The molecule has 0 atom stereocenters. The summed E-state index contributed by atoms with van der Waals surface area (Å²) in [5.41, 5.74) is 0.881. The highest BCUT2D eigenvalue weighted by molar-refractivity contribution is 9.11. The van der Waals surface area contributed by atoms with Crippen molar-refractivity contribution in [2.75, 3.05) is 6.54 Å². The van der Waals surface area contributed by atoms with Crippen molar-refractivity contribution in [3.8, 4) is 0 Å². The summed E-state index contributed by atoms with van der Waals surface area (Å²) in [5, 5.41) is 8.44. The summed E-state index contributed by atoms with van der Waals surface area (Å²) in [4.78, 5) is 10.3. The van der Waals surface area contributed by atoms with Gasteiger partial charge in [0.05, 0.1) is 3.79 Å². The van der Waals surface area contributed by atoms with Gasteiger partial charge in [-0.3, -0.25) is 4.79 Å². The van der Waals surface area contributed by atoms with Crippen molar-refractivity contribution in [2.45, 2.75) is 30.4 Å². The molecule has 5 nitrogen and oxygen atoms in total. The minimum absolute atomic E-state index is 0.0609. The smallest absolute Gasteiger partial charge is 0.303 e. The Kier molecular flexibility index (Phi) is 5.77. The Labute approximate surface area is 118 Å². The molecule has 0 saturated carbocycles. The van der Waals surface area contributed by atoms with Gasteiger partial charge in [0, 0.05) is 13.0 Å². The summed E-state index contributed by atoms with van der Waals surface area (Å²) < 4.78 is 27.2. The third-order valence-corrected chi connectivity index (χ3v) is 6.28. The van der Waals surface area contributed by atoms with Gasteiger partial charge in [0.25, 0.3) is 0 Å². The first kappa shape index (κ1) is 15.6. The highest BCUT2D eigenvalue weighted by Crippen LogP contribution is 2.30. The van der Waals surface area contributed by atoms with E-state index in [2.05, 4.69) is 20.7 Å². The van der Waals surface area contributed by atoms with Gasteiger partial charge in [0.1, 0.15) is 4.21 Å². The van der Waals surface area contributed by atoms with E-state index in [1.165, 1.54) is 0 Å². The molecule has 0 unspecified atom stereocenters. The van der Waals surface area contributed by atoms with Crippen LogP contribution in [0.5, 0.6) is 0 Å². The van der Waals surface area contributed by atoms with Gasteiger partial charge in [-0.25, -0.2) is 13.1 Å². The number of unbranched alkanes of at least 4 members (excludes halogenated alkanes) is 1. The van der Waals surface area contributed by atoms with Crippen LogP contribution in [0, 0.1) is 6.92 Å². The molecule has 1 aromatic rings. The predicted molar refractivity (Wildman–Crippen MR) is 73.4 cm³/mol. The SMILES string of the molecule is Cc1cc(S(=O)(=O)NCCCCC(=O)O)sc1Br. The minimum Gasteiger partial charge on any atom is -0.481 e. The van der Waals surface area contributed by atoms with Gasteiger partial charge in [-0.05, 0) is 47.3 Å². The fraction of sp³-hybridized carbons (Fsp3) is 0.500. The number of hydrogen-bond acceptors (Lipinski definition) is 4. The van der Waals surface area contributed by atoms with Crippen molar-refractivity contribution >= 4 is 43.3 Å². The normalized spacial score (nSPS) is 11.7. The lowest BCUT2D eigenvalue weighted by molar-refractivity contribution is -0.137. The molecule has 0 aliphatic rings. The maximum atomic E-state index is 11.9. The molecule has 0 aliphatic carbocycles. The number of halogens is 1. The van der Waals surface area contributed by atoms with Crippen LogP contribution in [0.25, 0.3) is 0 Å². The topological polar surface area (TPSA) is 83.5 Å². The fourth-order valence-electron chi connectivity index (χ4n) is 1.24. The molecule has 2 N–H and O–H groups in total. The number of carboxylic acids is 1. The largest absolute Gasteiger partial charge is 0.481 e. The van der Waals surface area contributed by atoms with Crippen LogP contribution in [-0.2, 0) is 14.8 Å². The zero-order valence-electron chi connectivity index (χ0n) is 9.77. The molecule has 18 heavy (non-hydrogen) atoms.